The van der Waals surface area contributed by atoms with Crippen LogP contribution in [0.2, 0.25) is 0 Å². The molecule has 0 aliphatic carbocycles. The van der Waals surface area contributed by atoms with Gasteiger partial charge in [0.2, 0.25) is 0 Å². The second-order valence-electron chi connectivity index (χ2n) is 9.91. The zero-order valence-corrected chi connectivity index (χ0v) is 21.5. The number of aryl methyl sites for hydroxylation is 1. The number of aliphatic carboxylic acids is 1. The Balaban J connectivity index is 1.78. The smallest absolute Gasteiger partial charge is 0.407 e. The Labute approximate surface area is 212 Å². The molecule has 0 bridgehead atoms. The number of para-hydroxylation sites is 1. The summed E-state index contributed by atoms with van der Waals surface area (Å²) in [5, 5.41) is 16.9. The molecule has 1 aromatic heterocycles. The van der Waals surface area contributed by atoms with E-state index < -0.39 is 17.7 Å². The van der Waals surface area contributed by atoms with Crippen molar-refractivity contribution in [1.29, 1.82) is 0 Å². The number of ether oxygens (including phenoxy) is 2. The van der Waals surface area contributed by atoms with Crippen LogP contribution in [-0.4, -0.2) is 47.5 Å². The molecule has 3 rings (SSSR count). The minimum absolute atomic E-state index is 0.0296. The Hall–Kier alpha value is -3.52. The number of carbonyl (C=O) groups excluding carboxylic acids is 1. The third kappa shape index (κ3) is 8.30. The summed E-state index contributed by atoms with van der Waals surface area (Å²) in [7, 11) is 1.64. The minimum atomic E-state index is -0.844. The number of benzene rings is 2. The van der Waals surface area contributed by atoms with E-state index in [-0.39, 0.29) is 18.5 Å². The van der Waals surface area contributed by atoms with Crippen molar-refractivity contribution in [2.24, 2.45) is 0 Å². The molecule has 0 fully saturated rings. The van der Waals surface area contributed by atoms with E-state index in [0.29, 0.717) is 13.0 Å². The number of methoxy groups -OCH3 is 1. The highest BCUT2D eigenvalue weighted by molar-refractivity contribution is 5.83. The molecule has 36 heavy (non-hydrogen) atoms. The number of hydrogen-bond acceptors (Lipinski definition) is 5. The molecule has 3 aromatic rings. The maximum atomic E-state index is 12.4. The normalized spacial score (nSPS) is 13.2. The highest BCUT2D eigenvalue weighted by Gasteiger charge is 2.23. The van der Waals surface area contributed by atoms with Crippen molar-refractivity contribution in [3.8, 4) is 5.75 Å². The molecule has 194 valence electrons. The predicted octanol–water partition coefficient (Wildman–Crippen LogP) is 5.20. The van der Waals surface area contributed by atoms with E-state index in [1.165, 1.54) is 0 Å². The van der Waals surface area contributed by atoms with Gasteiger partial charge >= 0.3 is 12.1 Å². The molecular weight excluding hydrogens is 458 g/mol. The van der Waals surface area contributed by atoms with Gasteiger partial charge in [-0.1, -0.05) is 30.3 Å². The number of rotatable bonds is 12. The fraction of sp³-hybridized carbons (Fsp3) is 0.429. The van der Waals surface area contributed by atoms with Gasteiger partial charge in [0, 0.05) is 42.1 Å². The molecule has 2 atom stereocenters. The van der Waals surface area contributed by atoms with Gasteiger partial charge in [0.05, 0.1) is 7.11 Å². The summed E-state index contributed by atoms with van der Waals surface area (Å²) in [4.78, 5) is 27.1. The zero-order valence-electron chi connectivity index (χ0n) is 21.5. The highest BCUT2D eigenvalue weighted by Crippen LogP contribution is 2.28. The number of aromatic nitrogens is 1. The molecule has 0 aliphatic heterocycles. The Morgan fingerprint density at radius 2 is 1.78 bits per heavy atom. The first-order valence-electron chi connectivity index (χ1n) is 12.3. The molecule has 1 amide bonds. The lowest BCUT2D eigenvalue weighted by Gasteiger charge is -2.27. The van der Waals surface area contributed by atoms with Crippen LogP contribution in [0.4, 0.5) is 4.79 Å². The molecule has 0 radical (unpaired) electrons. The monoisotopic (exact) mass is 495 g/mol. The lowest BCUT2D eigenvalue weighted by molar-refractivity contribution is -0.137. The summed E-state index contributed by atoms with van der Waals surface area (Å²) < 4.78 is 10.7. The van der Waals surface area contributed by atoms with Gasteiger partial charge in [-0.3, -0.25) is 4.79 Å². The number of carbonyl (C=O) groups is 2. The number of carboxylic acid groups (broad SMARTS) is 1. The summed E-state index contributed by atoms with van der Waals surface area (Å²) in [5.41, 5.74) is 2.56. The second kappa shape index (κ2) is 12.4. The van der Waals surface area contributed by atoms with E-state index in [1.54, 1.807) is 7.11 Å². The van der Waals surface area contributed by atoms with Gasteiger partial charge in [0.25, 0.3) is 0 Å². The summed E-state index contributed by atoms with van der Waals surface area (Å²) in [6.07, 6.45) is 3.41. The maximum Gasteiger partial charge on any atom is 0.407 e. The standard InChI is InChI=1S/C28H37N3O5/c1-28(2,3)36-27(34)30-17-20(12-9-19-10-13-21(35-4)14-11-19)31-25(15-16-26(32)33)23-18-29-24-8-6-5-7-22(23)24/h5-8,10-11,13-14,18,20,25,29,31H,9,12,15-17H2,1-4H3,(H,30,34)(H,32,33)/t20?,25-/m0/s1. The molecule has 1 unspecified atom stereocenters. The first kappa shape index (κ1) is 27.1. The molecule has 2 aromatic carbocycles. The number of aromatic amines is 1. The Bertz CT molecular complexity index is 1130. The van der Waals surface area contributed by atoms with Gasteiger partial charge < -0.3 is 30.2 Å². The van der Waals surface area contributed by atoms with Crippen molar-refractivity contribution in [3.05, 3.63) is 65.9 Å². The SMILES string of the molecule is COc1ccc(CCC(CNC(=O)OC(C)(C)C)N[C@@H](CCC(=O)O)c2c[nH]c3ccccc23)cc1. The van der Waals surface area contributed by atoms with Gasteiger partial charge in [0.15, 0.2) is 0 Å². The van der Waals surface area contributed by atoms with Crippen LogP contribution in [-0.2, 0) is 16.0 Å². The topological polar surface area (TPSA) is 113 Å². The van der Waals surface area contributed by atoms with E-state index in [1.807, 2.05) is 75.5 Å². The molecular formula is C28H37N3O5. The summed E-state index contributed by atoms with van der Waals surface area (Å²) >= 11 is 0. The Morgan fingerprint density at radius 1 is 1.06 bits per heavy atom. The van der Waals surface area contributed by atoms with Crippen molar-refractivity contribution in [2.45, 2.75) is 64.1 Å². The fourth-order valence-electron chi connectivity index (χ4n) is 4.16. The number of alkyl carbamates (subject to hydrolysis) is 1. The predicted molar refractivity (Wildman–Crippen MR) is 140 cm³/mol. The van der Waals surface area contributed by atoms with Gasteiger partial charge in [-0.15, -0.1) is 0 Å². The van der Waals surface area contributed by atoms with E-state index in [0.717, 1.165) is 40.6 Å². The first-order chi connectivity index (χ1) is 17.1. The van der Waals surface area contributed by atoms with E-state index in [9.17, 15) is 14.7 Å². The lowest BCUT2D eigenvalue weighted by Crippen LogP contribution is -2.44. The van der Waals surface area contributed by atoms with Crippen molar-refractivity contribution in [2.75, 3.05) is 13.7 Å². The van der Waals surface area contributed by atoms with Gasteiger partial charge in [-0.05, 0) is 69.4 Å². The van der Waals surface area contributed by atoms with Crippen LogP contribution < -0.4 is 15.4 Å². The number of carboxylic acids is 1. The molecule has 8 heteroatoms. The van der Waals surface area contributed by atoms with Gasteiger partial charge in [-0.25, -0.2) is 4.79 Å². The lowest BCUT2D eigenvalue weighted by atomic mass is 9.98. The van der Waals surface area contributed by atoms with Crippen LogP contribution in [0, 0.1) is 0 Å². The zero-order chi connectivity index (χ0) is 26.1. The van der Waals surface area contributed by atoms with Crippen LogP contribution in [0.5, 0.6) is 5.75 Å². The molecule has 0 saturated carbocycles. The number of nitrogens with one attached hydrogen (secondary N) is 3. The fourth-order valence-corrected chi connectivity index (χ4v) is 4.16. The third-order valence-corrected chi connectivity index (χ3v) is 5.91. The van der Waals surface area contributed by atoms with E-state index in [2.05, 4.69) is 15.6 Å². The third-order valence-electron chi connectivity index (χ3n) is 5.91. The average molecular weight is 496 g/mol. The molecule has 8 nitrogen and oxygen atoms in total. The number of H-pyrrole nitrogens is 1. The van der Waals surface area contributed by atoms with Crippen molar-refractivity contribution in [1.82, 2.24) is 15.6 Å². The van der Waals surface area contributed by atoms with Crippen LogP contribution >= 0.6 is 0 Å². The summed E-state index contributed by atoms with van der Waals surface area (Å²) in [6.45, 7) is 5.82. The molecule has 0 aliphatic rings. The highest BCUT2D eigenvalue weighted by atomic mass is 16.6. The van der Waals surface area contributed by atoms with Crippen LogP contribution in [0.3, 0.4) is 0 Å². The average Bonchev–Trinajstić information content (AvgIpc) is 3.26. The first-order valence-corrected chi connectivity index (χ1v) is 12.3. The van der Waals surface area contributed by atoms with E-state index in [4.69, 9.17) is 9.47 Å². The van der Waals surface area contributed by atoms with Gasteiger partial charge in [0.1, 0.15) is 11.4 Å². The minimum Gasteiger partial charge on any atom is -0.497 e. The molecule has 0 saturated heterocycles. The summed E-state index contributed by atoms with van der Waals surface area (Å²) in [6, 6.07) is 15.5. The van der Waals surface area contributed by atoms with Crippen molar-refractivity contribution in [3.63, 3.8) is 0 Å². The molecule has 1 heterocycles. The molecule has 0 spiro atoms. The van der Waals surface area contributed by atoms with Crippen LogP contribution in [0.15, 0.2) is 54.7 Å². The Kier molecular flexibility index (Phi) is 9.36. The van der Waals surface area contributed by atoms with Crippen LogP contribution in [0.25, 0.3) is 10.9 Å². The second-order valence-corrected chi connectivity index (χ2v) is 9.91. The quantitative estimate of drug-likeness (QED) is 0.275. The number of hydrogen-bond donors (Lipinski definition) is 4. The summed E-state index contributed by atoms with van der Waals surface area (Å²) in [5.74, 6) is -0.0450. The maximum absolute atomic E-state index is 12.4. The number of fused-ring (bicyclic) bond motifs is 1. The van der Waals surface area contributed by atoms with Crippen molar-refractivity contribution >= 4 is 23.0 Å². The number of amides is 1. The Morgan fingerprint density at radius 3 is 2.44 bits per heavy atom. The molecule has 4 N–H and O–H groups in total. The van der Waals surface area contributed by atoms with Crippen LogP contribution in [0.1, 0.15) is 57.2 Å². The largest absolute Gasteiger partial charge is 0.497 e. The van der Waals surface area contributed by atoms with Crippen molar-refractivity contribution < 1.29 is 24.2 Å². The van der Waals surface area contributed by atoms with Gasteiger partial charge in [-0.2, -0.15) is 0 Å². The van der Waals surface area contributed by atoms with E-state index >= 15 is 0 Å².